The fourth-order valence-electron chi connectivity index (χ4n) is 4.59. The van der Waals surface area contributed by atoms with Crippen molar-refractivity contribution in [3.05, 3.63) is 64.8 Å². The van der Waals surface area contributed by atoms with Gasteiger partial charge in [0.15, 0.2) is 0 Å². The van der Waals surface area contributed by atoms with Crippen molar-refractivity contribution in [3.8, 4) is 0 Å². The molecule has 2 heterocycles. The average molecular weight is 452 g/mol. The van der Waals surface area contributed by atoms with Crippen LogP contribution in [0, 0.1) is 13.8 Å². The maximum absolute atomic E-state index is 13.3. The van der Waals surface area contributed by atoms with E-state index < -0.39 is 10.0 Å². The molecule has 0 aliphatic carbocycles. The van der Waals surface area contributed by atoms with Gasteiger partial charge in [-0.1, -0.05) is 32.0 Å². The fraction of sp³-hybridized carbons (Fsp3) is 0.360. The summed E-state index contributed by atoms with van der Waals surface area (Å²) in [6.45, 7) is 9.08. The van der Waals surface area contributed by atoms with Crippen LogP contribution < -0.4 is 4.90 Å². The van der Waals surface area contributed by atoms with Gasteiger partial charge >= 0.3 is 0 Å². The Morgan fingerprint density at radius 1 is 1.09 bits per heavy atom. The van der Waals surface area contributed by atoms with Crippen molar-refractivity contribution in [1.82, 2.24) is 9.29 Å². The zero-order chi connectivity index (χ0) is 23.0. The van der Waals surface area contributed by atoms with Crippen molar-refractivity contribution in [1.29, 1.82) is 0 Å². The van der Waals surface area contributed by atoms with Gasteiger partial charge < -0.3 is 4.90 Å². The van der Waals surface area contributed by atoms with E-state index in [1.54, 1.807) is 23.1 Å². The minimum Gasteiger partial charge on any atom is -0.312 e. The molecule has 0 atom stereocenters. The monoisotopic (exact) mass is 451 g/mol. The Bertz CT molecular complexity index is 1300. The Morgan fingerprint density at radius 3 is 2.53 bits per heavy atom. The van der Waals surface area contributed by atoms with Crippen LogP contribution in [0.5, 0.6) is 0 Å². The largest absolute Gasteiger partial charge is 0.312 e. The first-order valence-electron chi connectivity index (χ1n) is 11.1. The molecule has 0 fully saturated rings. The maximum atomic E-state index is 13.3. The number of carbonyl (C=O) groups is 1. The van der Waals surface area contributed by atoms with Gasteiger partial charge in [-0.25, -0.2) is 8.42 Å². The van der Waals surface area contributed by atoms with E-state index in [9.17, 15) is 13.2 Å². The van der Waals surface area contributed by atoms with E-state index in [1.165, 1.54) is 4.31 Å². The summed E-state index contributed by atoms with van der Waals surface area (Å²) in [4.78, 5) is 20.0. The molecule has 32 heavy (non-hydrogen) atoms. The molecule has 0 radical (unpaired) electrons. The third-order valence-electron chi connectivity index (χ3n) is 6.40. The average Bonchev–Trinajstić information content (AvgIpc) is 3.20. The number of aromatic nitrogens is 1. The molecule has 1 aliphatic rings. The molecule has 7 heteroatoms. The summed E-state index contributed by atoms with van der Waals surface area (Å²) in [6.07, 6.45) is 0.922. The third kappa shape index (κ3) is 3.80. The molecule has 1 aromatic heterocycles. The molecule has 168 valence electrons. The number of pyridine rings is 1. The van der Waals surface area contributed by atoms with E-state index in [1.807, 2.05) is 52.0 Å². The van der Waals surface area contributed by atoms with Gasteiger partial charge in [-0.15, -0.1) is 0 Å². The lowest BCUT2D eigenvalue weighted by Crippen LogP contribution is -2.31. The highest BCUT2D eigenvalue weighted by Crippen LogP contribution is 2.32. The Labute approximate surface area is 189 Å². The first-order valence-corrected chi connectivity index (χ1v) is 12.5. The number of anilines is 1. The minimum atomic E-state index is -3.52. The van der Waals surface area contributed by atoms with Crippen molar-refractivity contribution in [2.45, 2.75) is 45.4 Å². The zero-order valence-corrected chi connectivity index (χ0v) is 19.9. The van der Waals surface area contributed by atoms with Gasteiger partial charge in [-0.2, -0.15) is 4.31 Å². The second-order valence-electron chi connectivity index (χ2n) is 8.17. The van der Waals surface area contributed by atoms with Gasteiger partial charge in [0.2, 0.25) is 15.9 Å². The van der Waals surface area contributed by atoms with Gasteiger partial charge in [0.05, 0.1) is 16.8 Å². The molecule has 1 amide bonds. The predicted octanol–water partition coefficient (Wildman–Crippen LogP) is 4.01. The molecule has 0 N–H and O–H groups in total. The van der Waals surface area contributed by atoms with E-state index in [0.29, 0.717) is 31.0 Å². The minimum absolute atomic E-state index is 0.00591. The SMILES string of the molecule is CCN(CC)S(=O)(=O)c1ccc2c(c1)CCN2C(=O)Cc1c(C)nc2ccccc2c1C. The molecule has 1 aliphatic heterocycles. The molecule has 0 saturated heterocycles. The summed E-state index contributed by atoms with van der Waals surface area (Å²) in [5.41, 5.74) is 5.56. The molecule has 4 rings (SSSR count). The Morgan fingerprint density at radius 2 is 1.81 bits per heavy atom. The lowest BCUT2D eigenvalue weighted by molar-refractivity contribution is -0.117. The molecule has 0 unspecified atom stereocenters. The van der Waals surface area contributed by atoms with Crippen LogP contribution in [0.3, 0.4) is 0 Å². The first kappa shape index (κ1) is 22.4. The summed E-state index contributed by atoms with van der Waals surface area (Å²) < 4.78 is 27.2. The lowest BCUT2D eigenvalue weighted by Gasteiger charge is -2.21. The molecule has 3 aromatic rings. The number of benzene rings is 2. The molecule has 2 aromatic carbocycles. The van der Waals surface area contributed by atoms with Gasteiger partial charge in [0.1, 0.15) is 0 Å². The van der Waals surface area contributed by atoms with Crippen LogP contribution in [0.4, 0.5) is 5.69 Å². The fourth-order valence-corrected chi connectivity index (χ4v) is 6.10. The van der Waals surface area contributed by atoms with Crippen LogP contribution >= 0.6 is 0 Å². The van der Waals surface area contributed by atoms with Crippen molar-refractivity contribution in [2.75, 3.05) is 24.5 Å². The van der Waals surface area contributed by atoms with E-state index in [2.05, 4.69) is 4.98 Å². The van der Waals surface area contributed by atoms with Crippen molar-refractivity contribution in [2.24, 2.45) is 0 Å². The van der Waals surface area contributed by atoms with Gasteiger partial charge in [0.25, 0.3) is 0 Å². The lowest BCUT2D eigenvalue weighted by atomic mass is 9.99. The quantitative estimate of drug-likeness (QED) is 0.568. The maximum Gasteiger partial charge on any atom is 0.243 e. The van der Waals surface area contributed by atoms with Crippen LogP contribution in [0.2, 0.25) is 0 Å². The first-order chi connectivity index (χ1) is 15.3. The summed E-state index contributed by atoms with van der Waals surface area (Å²) in [6, 6.07) is 13.1. The number of sulfonamides is 1. The van der Waals surface area contributed by atoms with E-state index in [4.69, 9.17) is 0 Å². The summed E-state index contributed by atoms with van der Waals surface area (Å²) >= 11 is 0. The Balaban J connectivity index is 1.62. The summed E-state index contributed by atoms with van der Waals surface area (Å²) in [5.74, 6) is 0.00591. The molecular weight excluding hydrogens is 422 g/mol. The predicted molar refractivity (Wildman–Crippen MR) is 128 cm³/mol. The summed E-state index contributed by atoms with van der Waals surface area (Å²) in [5, 5.41) is 1.06. The molecule has 0 spiro atoms. The number of fused-ring (bicyclic) bond motifs is 2. The Hall–Kier alpha value is -2.77. The highest BCUT2D eigenvalue weighted by Gasteiger charge is 2.29. The Kier molecular flexibility index (Phi) is 6.05. The normalized spacial score (nSPS) is 13.7. The highest BCUT2D eigenvalue weighted by molar-refractivity contribution is 7.89. The van der Waals surface area contributed by atoms with Crippen LogP contribution in [0.15, 0.2) is 47.4 Å². The number of carbonyl (C=O) groups excluding carboxylic acids is 1. The molecule has 0 saturated carbocycles. The van der Waals surface area contributed by atoms with Crippen molar-refractivity contribution < 1.29 is 13.2 Å². The molecular formula is C25H29N3O3S. The number of hydrogen-bond donors (Lipinski definition) is 0. The number of amides is 1. The number of rotatable bonds is 6. The number of hydrogen-bond acceptors (Lipinski definition) is 4. The number of para-hydroxylation sites is 1. The van der Waals surface area contributed by atoms with Crippen LogP contribution in [-0.4, -0.2) is 43.2 Å². The zero-order valence-electron chi connectivity index (χ0n) is 19.1. The van der Waals surface area contributed by atoms with Crippen LogP contribution in [0.1, 0.15) is 36.2 Å². The van der Waals surface area contributed by atoms with Gasteiger partial charge in [-0.05, 0) is 61.2 Å². The third-order valence-corrected chi connectivity index (χ3v) is 8.45. The number of aryl methyl sites for hydroxylation is 2. The highest BCUT2D eigenvalue weighted by atomic mass is 32.2. The van der Waals surface area contributed by atoms with E-state index >= 15 is 0 Å². The smallest absolute Gasteiger partial charge is 0.243 e. The van der Waals surface area contributed by atoms with E-state index in [-0.39, 0.29) is 12.3 Å². The van der Waals surface area contributed by atoms with Crippen molar-refractivity contribution in [3.63, 3.8) is 0 Å². The number of nitrogens with zero attached hydrogens (tertiary/aromatic N) is 3. The van der Waals surface area contributed by atoms with Crippen LogP contribution in [0.25, 0.3) is 10.9 Å². The second kappa shape index (κ2) is 8.64. The second-order valence-corrected chi connectivity index (χ2v) is 10.1. The topological polar surface area (TPSA) is 70.6 Å². The van der Waals surface area contributed by atoms with E-state index in [0.717, 1.165) is 39.0 Å². The standard InChI is InChI=1S/C25H29N3O3S/c1-5-27(6-2)32(30,31)20-11-12-24-19(15-20)13-14-28(24)25(29)16-22-17(3)21-9-7-8-10-23(21)26-18(22)4/h7-12,15H,5-6,13-14,16H2,1-4H3. The summed E-state index contributed by atoms with van der Waals surface area (Å²) in [7, 11) is -3.52. The van der Waals surface area contributed by atoms with Crippen LogP contribution in [-0.2, 0) is 27.7 Å². The molecule has 6 nitrogen and oxygen atoms in total. The van der Waals surface area contributed by atoms with Gasteiger partial charge in [-0.3, -0.25) is 9.78 Å². The van der Waals surface area contributed by atoms with Gasteiger partial charge in [0, 0.05) is 36.4 Å². The molecule has 0 bridgehead atoms. The van der Waals surface area contributed by atoms with Crippen molar-refractivity contribution >= 4 is 32.5 Å².